The molecule has 1 saturated heterocycles. The Bertz CT molecular complexity index is 1000. The summed E-state index contributed by atoms with van der Waals surface area (Å²) < 4.78 is 65.4. The van der Waals surface area contributed by atoms with Crippen LogP contribution in [0.2, 0.25) is 0 Å². The van der Waals surface area contributed by atoms with Crippen molar-refractivity contribution in [1.29, 1.82) is 0 Å². The monoisotopic (exact) mass is 441 g/mol. The van der Waals surface area contributed by atoms with Gasteiger partial charge in [-0.05, 0) is 29.8 Å². The van der Waals surface area contributed by atoms with Crippen LogP contribution in [0.3, 0.4) is 0 Å². The molecule has 1 aliphatic heterocycles. The van der Waals surface area contributed by atoms with Gasteiger partial charge < -0.3 is 5.32 Å². The number of hydrogen-bond acceptors (Lipinski definition) is 4. The third-order valence-corrected chi connectivity index (χ3v) is 6.21. The molecule has 2 aromatic carbocycles. The highest BCUT2D eigenvalue weighted by Gasteiger charge is 2.34. The van der Waals surface area contributed by atoms with Gasteiger partial charge >= 0.3 is 6.18 Å². The van der Waals surface area contributed by atoms with Crippen molar-refractivity contribution < 1.29 is 26.4 Å². The molecule has 0 unspecified atom stereocenters. The first-order valence-corrected chi connectivity index (χ1v) is 11.1. The van der Waals surface area contributed by atoms with E-state index in [4.69, 9.17) is 0 Å². The Kier molecular flexibility index (Phi) is 6.49. The van der Waals surface area contributed by atoms with Crippen molar-refractivity contribution in [2.45, 2.75) is 12.7 Å². The molecule has 30 heavy (non-hydrogen) atoms. The molecule has 0 bridgehead atoms. The Morgan fingerprint density at radius 2 is 1.67 bits per heavy atom. The maximum atomic E-state index is 13.6. The summed E-state index contributed by atoms with van der Waals surface area (Å²) in [7, 11) is -3.31. The van der Waals surface area contributed by atoms with E-state index in [9.17, 15) is 26.4 Å². The predicted molar refractivity (Wildman–Crippen MR) is 108 cm³/mol. The molecule has 0 aliphatic carbocycles. The summed E-state index contributed by atoms with van der Waals surface area (Å²) in [5.41, 5.74) is -0.340. The normalized spacial score (nSPS) is 16.4. The number of anilines is 1. The Balaban J connectivity index is 1.75. The summed E-state index contributed by atoms with van der Waals surface area (Å²) >= 11 is 0. The van der Waals surface area contributed by atoms with Crippen LogP contribution in [0.5, 0.6) is 0 Å². The maximum Gasteiger partial charge on any atom is 0.416 e. The summed E-state index contributed by atoms with van der Waals surface area (Å²) in [4.78, 5) is 14.0. The lowest BCUT2D eigenvalue weighted by molar-refractivity contribution is -0.138. The van der Waals surface area contributed by atoms with Crippen LogP contribution in [-0.4, -0.2) is 56.0 Å². The molecule has 1 aliphatic rings. The third kappa shape index (κ3) is 5.59. The SMILES string of the molecule is CS(=O)(=O)N1CCN(Cc2ccc(NC(=O)c3ccccc3)cc2C(F)(F)F)CC1. The van der Waals surface area contributed by atoms with Crippen LogP contribution < -0.4 is 5.32 Å². The van der Waals surface area contributed by atoms with Gasteiger partial charge in [0.25, 0.3) is 5.91 Å². The fraction of sp³-hybridized carbons (Fsp3) is 0.350. The number of carbonyl (C=O) groups is 1. The number of amides is 1. The number of hydrogen-bond donors (Lipinski definition) is 1. The van der Waals surface area contributed by atoms with Crippen LogP contribution in [0.15, 0.2) is 48.5 Å². The van der Waals surface area contributed by atoms with Gasteiger partial charge in [-0.15, -0.1) is 0 Å². The Labute approximate surface area is 173 Å². The molecule has 0 spiro atoms. The summed E-state index contributed by atoms with van der Waals surface area (Å²) in [6, 6.07) is 12.0. The largest absolute Gasteiger partial charge is 0.416 e. The Hall–Kier alpha value is -2.43. The predicted octanol–water partition coefficient (Wildman–Crippen LogP) is 3.03. The van der Waals surface area contributed by atoms with Crippen molar-refractivity contribution in [3.05, 3.63) is 65.2 Å². The van der Waals surface area contributed by atoms with Gasteiger partial charge in [0, 0.05) is 44.0 Å². The first-order valence-electron chi connectivity index (χ1n) is 9.28. The second kappa shape index (κ2) is 8.75. The number of piperazine rings is 1. The van der Waals surface area contributed by atoms with Crippen molar-refractivity contribution in [2.24, 2.45) is 0 Å². The van der Waals surface area contributed by atoms with Crippen molar-refractivity contribution in [3.63, 3.8) is 0 Å². The van der Waals surface area contributed by atoms with Gasteiger partial charge in [-0.25, -0.2) is 8.42 Å². The summed E-state index contributed by atoms with van der Waals surface area (Å²) in [5, 5.41) is 2.50. The average molecular weight is 441 g/mol. The number of sulfonamides is 1. The lowest BCUT2D eigenvalue weighted by Crippen LogP contribution is -2.47. The summed E-state index contributed by atoms with van der Waals surface area (Å²) in [6.07, 6.45) is -3.47. The average Bonchev–Trinajstić information content (AvgIpc) is 2.69. The fourth-order valence-corrected chi connectivity index (χ4v) is 4.14. The minimum absolute atomic E-state index is 0.0410. The van der Waals surface area contributed by atoms with Crippen molar-refractivity contribution in [2.75, 3.05) is 37.8 Å². The number of nitrogens with one attached hydrogen (secondary N) is 1. The van der Waals surface area contributed by atoms with Gasteiger partial charge in [0.2, 0.25) is 10.0 Å². The molecule has 0 saturated carbocycles. The van der Waals surface area contributed by atoms with Crippen LogP contribution in [-0.2, 0) is 22.7 Å². The van der Waals surface area contributed by atoms with E-state index in [1.54, 1.807) is 35.2 Å². The molecule has 0 radical (unpaired) electrons. The summed E-state index contributed by atoms with van der Waals surface area (Å²) in [5.74, 6) is -0.492. The van der Waals surface area contributed by atoms with Crippen LogP contribution in [0, 0.1) is 0 Å². The number of carbonyl (C=O) groups excluding carboxylic acids is 1. The van der Waals surface area contributed by atoms with E-state index in [-0.39, 0.29) is 30.9 Å². The zero-order chi connectivity index (χ0) is 21.9. The summed E-state index contributed by atoms with van der Waals surface area (Å²) in [6.45, 7) is 1.21. The van der Waals surface area contributed by atoms with E-state index >= 15 is 0 Å². The Morgan fingerprint density at radius 3 is 2.23 bits per heavy atom. The number of rotatable bonds is 5. The topological polar surface area (TPSA) is 69.7 Å². The van der Waals surface area contributed by atoms with Gasteiger partial charge in [-0.3, -0.25) is 9.69 Å². The minimum atomic E-state index is -4.59. The van der Waals surface area contributed by atoms with Gasteiger partial charge in [0.05, 0.1) is 11.8 Å². The highest BCUT2D eigenvalue weighted by molar-refractivity contribution is 7.88. The molecule has 6 nitrogen and oxygen atoms in total. The molecule has 1 N–H and O–H groups in total. The fourth-order valence-electron chi connectivity index (χ4n) is 3.31. The molecule has 2 aromatic rings. The van der Waals surface area contributed by atoms with Crippen molar-refractivity contribution >= 4 is 21.6 Å². The molecule has 0 aromatic heterocycles. The Morgan fingerprint density at radius 1 is 1.03 bits per heavy atom. The molecule has 1 heterocycles. The van der Waals surface area contributed by atoms with Crippen molar-refractivity contribution in [3.8, 4) is 0 Å². The van der Waals surface area contributed by atoms with Gasteiger partial charge in [0.15, 0.2) is 0 Å². The quantitative estimate of drug-likeness (QED) is 0.775. The number of halogens is 3. The van der Waals surface area contributed by atoms with E-state index < -0.39 is 27.7 Å². The zero-order valence-corrected chi connectivity index (χ0v) is 17.1. The first-order chi connectivity index (χ1) is 14.0. The zero-order valence-electron chi connectivity index (χ0n) is 16.3. The second-order valence-corrected chi connectivity index (χ2v) is 9.11. The van der Waals surface area contributed by atoms with Gasteiger partial charge in [-0.2, -0.15) is 17.5 Å². The molecule has 1 amide bonds. The smallest absolute Gasteiger partial charge is 0.322 e. The molecular formula is C20H22F3N3O3S. The van der Waals surface area contributed by atoms with E-state index in [1.165, 1.54) is 16.4 Å². The standard InChI is InChI=1S/C20H22F3N3O3S/c1-30(28,29)26-11-9-25(10-12-26)14-16-7-8-17(13-18(16)20(21,22)23)24-19(27)15-5-3-2-4-6-15/h2-8,13H,9-12,14H2,1H3,(H,24,27). The van der Waals surface area contributed by atoms with E-state index in [2.05, 4.69) is 5.32 Å². The van der Waals surface area contributed by atoms with Crippen molar-refractivity contribution in [1.82, 2.24) is 9.21 Å². The van der Waals surface area contributed by atoms with E-state index in [1.807, 2.05) is 0 Å². The minimum Gasteiger partial charge on any atom is -0.322 e. The third-order valence-electron chi connectivity index (χ3n) is 4.90. The molecular weight excluding hydrogens is 419 g/mol. The highest BCUT2D eigenvalue weighted by atomic mass is 32.2. The molecule has 10 heteroatoms. The first kappa shape index (κ1) is 22.3. The van der Waals surface area contributed by atoms with Gasteiger partial charge in [-0.1, -0.05) is 24.3 Å². The molecule has 0 atom stereocenters. The highest BCUT2D eigenvalue weighted by Crippen LogP contribution is 2.34. The van der Waals surface area contributed by atoms with Crippen LogP contribution in [0.4, 0.5) is 18.9 Å². The molecule has 1 fully saturated rings. The maximum absolute atomic E-state index is 13.6. The van der Waals surface area contributed by atoms with E-state index in [0.29, 0.717) is 18.7 Å². The van der Waals surface area contributed by atoms with Crippen LogP contribution in [0.1, 0.15) is 21.5 Å². The number of nitrogens with zero attached hydrogens (tertiary/aromatic N) is 2. The van der Waals surface area contributed by atoms with Gasteiger partial charge in [0.1, 0.15) is 0 Å². The molecule has 3 rings (SSSR count). The number of benzene rings is 2. The second-order valence-electron chi connectivity index (χ2n) is 7.13. The lowest BCUT2D eigenvalue weighted by atomic mass is 10.0. The lowest BCUT2D eigenvalue weighted by Gasteiger charge is -2.33. The molecule has 162 valence electrons. The van der Waals surface area contributed by atoms with Crippen LogP contribution in [0.25, 0.3) is 0 Å². The number of alkyl halides is 3. The van der Waals surface area contributed by atoms with Crippen LogP contribution >= 0.6 is 0 Å². The van der Waals surface area contributed by atoms with E-state index in [0.717, 1.165) is 12.3 Å².